The molecule has 0 atom stereocenters. The highest BCUT2D eigenvalue weighted by Crippen LogP contribution is 2.29. The Morgan fingerprint density at radius 2 is 1.86 bits per heavy atom. The highest BCUT2D eigenvalue weighted by molar-refractivity contribution is 9.10. The lowest BCUT2D eigenvalue weighted by Crippen LogP contribution is -2.21. The van der Waals surface area contributed by atoms with Crippen molar-refractivity contribution in [2.75, 3.05) is 12.9 Å². The van der Waals surface area contributed by atoms with E-state index < -0.39 is 0 Å². The van der Waals surface area contributed by atoms with Gasteiger partial charge >= 0.3 is 0 Å². The van der Waals surface area contributed by atoms with E-state index in [1.807, 2.05) is 59.2 Å². The number of phenolic OH excluding ortho intramolecular Hbond substituents is 1. The minimum Gasteiger partial charge on any atom is -0.504 e. The number of aromatic nitrogens is 3. The summed E-state index contributed by atoms with van der Waals surface area (Å²) >= 11 is 4.73. The van der Waals surface area contributed by atoms with Gasteiger partial charge in [-0.2, -0.15) is 5.10 Å². The lowest BCUT2D eigenvalue weighted by molar-refractivity contribution is -0.118. The summed E-state index contributed by atoms with van der Waals surface area (Å²) in [6.07, 6.45) is 0. The number of aromatic hydroxyl groups is 1. The van der Waals surface area contributed by atoms with Crippen LogP contribution in [0.4, 0.5) is 0 Å². The lowest BCUT2D eigenvalue weighted by atomic mass is 10.1. The summed E-state index contributed by atoms with van der Waals surface area (Å²) in [7, 11) is 1.47. The molecule has 10 heteroatoms. The van der Waals surface area contributed by atoms with Crippen LogP contribution in [0.15, 0.2) is 87.5 Å². The molecule has 0 radical (unpaired) electrons. The average Bonchev–Trinajstić information content (AvgIpc) is 3.31. The van der Waals surface area contributed by atoms with Crippen LogP contribution in [0, 0.1) is 0 Å². The number of benzene rings is 3. The molecule has 0 aliphatic rings. The Labute approximate surface area is 215 Å². The van der Waals surface area contributed by atoms with Gasteiger partial charge in [0.15, 0.2) is 22.5 Å². The van der Waals surface area contributed by atoms with Crippen LogP contribution in [-0.2, 0) is 4.79 Å². The molecule has 1 heterocycles. The number of ether oxygens (including phenoxy) is 1. The standard InChI is InChI=1S/C25H22BrN5O3S/c1-16(18-10-13-21(32)22(14-18)34-2)27-28-23(33)15-35-25-30-29-24(17-8-11-19(26)12-9-17)31(25)20-6-4-3-5-7-20/h3-14,32H,15H2,1-2H3,(H,28,33)/b27-16-. The Hall–Kier alpha value is -3.63. The van der Waals surface area contributed by atoms with E-state index in [9.17, 15) is 9.90 Å². The van der Waals surface area contributed by atoms with Gasteiger partial charge in [0.2, 0.25) is 0 Å². The van der Waals surface area contributed by atoms with E-state index in [2.05, 4.69) is 36.7 Å². The molecule has 0 unspecified atom stereocenters. The molecule has 1 amide bonds. The molecule has 0 saturated heterocycles. The van der Waals surface area contributed by atoms with Crippen LogP contribution in [0.2, 0.25) is 0 Å². The Morgan fingerprint density at radius 3 is 2.57 bits per heavy atom. The van der Waals surface area contributed by atoms with E-state index in [4.69, 9.17) is 4.74 Å². The van der Waals surface area contributed by atoms with Crippen molar-refractivity contribution in [3.63, 3.8) is 0 Å². The predicted molar refractivity (Wildman–Crippen MR) is 140 cm³/mol. The molecule has 4 rings (SSSR count). The van der Waals surface area contributed by atoms with Crippen molar-refractivity contribution >= 4 is 39.3 Å². The van der Waals surface area contributed by atoms with Gasteiger partial charge in [0.1, 0.15) is 0 Å². The molecule has 3 aromatic carbocycles. The van der Waals surface area contributed by atoms with Crippen LogP contribution in [0.1, 0.15) is 12.5 Å². The number of phenols is 1. The maximum Gasteiger partial charge on any atom is 0.250 e. The normalized spacial score (nSPS) is 11.3. The first-order valence-corrected chi connectivity index (χ1v) is 12.3. The summed E-state index contributed by atoms with van der Waals surface area (Å²) in [5, 5.41) is 23.3. The highest BCUT2D eigenvalue weighted by atomic mass is 79.9. The van der Waals surface area contributed by atoms with Gasteiger partial charge in [-0.25, -0.2) is 5.43 Å². The number of nitrogens with zero attached hydrogens (tertiary/aromatic N) is 4. The SMILES string of the molecule is COc1cc(/C(C)=N\NC(=O)CSc2nnc(-c3ccc(Br)cc3)n2-c2ccccc2)ccc1O. The van der Waals surface area contributed by atoms with Crippen molar-refractivity contribution < 1.29 is 14.6 Å². The molecule has 35 heavy (non-hydrogen) atoms. The van der Waals surface area contributed by atoms with Gasteiger partial charge in [-0.3, -0.25) is 9.36 Å². The molecule has 0 fully saturated rings. The van der Waals surface area contributed by atoms with E-state index in [0.717, 1.165) is 21.3 Å². The highest BCUT2D eigenvalue weighted by Gasteiger charge is 2.17. The minimum atomic E-state index is -0.284. The van der Waals surface area contributed by atoms with Gasteiger partial charge in [-0.15, -0.1) is 10.2 Å². The maximum atomic E-state index is 12.5. The molecular formula is C25H22BrN5O3S. The van der Waals surface area contributed by atoms with Crippen molar-refractivity contribution in [2.45, 2.75) is 12.1 Å². The van der Waals surface area contributed by atoms with Gasteiger partial charge in [0.05, 0.1) is 18.6 Å². The zero-order valence-corrected chi connectivity index (χ0v) is 21.4. The van der Waals surface area contributed by atoms with Crippen molar-refractivity contribution in [3.8, 4) is 28.6 Å². The van der Waals surface area contributed by atoms with Gasteiger partial charge < -0.3 is 9.84 Å². The zero-order valence-electron chi connectivity index (χ0n) is 19.0. The van der Waals surface area contributed by atoms with Gasteiger partial charge in [0.25, 0.3) is 5.91 Å². The largest absolute Gasteiger partial charge is 0.504 e. The first kappa shape index (κ1) is 24.5. The fraction of sp³-hybridized carbons (Fsp3) is 0.120. The number of hydrogen-bond donors (Lipinski definition) is 2. The third-order valence-corrected chi connectivity index (χ3v) is 6.49. The first-order chi connectivity index (χ1) is 17.0. The smallest absolute Gasteiger partial charge is 0.250 e. The van der Waals surface area contributed by atoms with Gasteiger partial charge in [-0.05, 0) is 49.4 Å². The number of amides is 1. The van der Waals surface area contributed by atoms with Crippen molar-refractivity contribution in [2.24, 2.45) is 5.10 Å². The number of para-hydroxylation sites is 1. The summed E-state index contributed by atoms with van der Waals surface area (Å²) in [6.45, 7) is 1.76. The number of carbonyl (C=O) groups is 1. The van der Waals surface area contributed by atoms with Crippen molar-refractivity contribution in [3.05, 3.63) is 82.8 Å². The number of halogens is 1. The molecule has 4 aromatic rings. The van der Waals surface area contributed by atoms with Crippen LogP contribution in [0.25, 0.3) is 17.1 Å². The number of hydrogen-bond acceptors (Lipinski definition) is 7. The summed E-state index contributed by atoms with van der Waals surface area (Å²) in [4.78, 5) is 12.5. The fourth-order valence-corrected chi connectivity index (χ4v) is 4.24. The number of rotatable bonds is 8. The Bertz CT molecular complexity index is 1360. The quantitative estimate of drug-likeness (QED) is 0.180. The lowest BCUT2D eigenvalue weighted by Gasteiger charge is -2.10. The second-order valence-corrected chi connectivity index (χ2v) is 9.25. The van der Waals surface area contributed by atoms with E-state index >= 15 is 0 Å². The molecule has 0 aliphatic heterocycles. The number of carbonyl (C=O) groups excluding carboxylic acids is 1. The minimum absolute atomic E-state index is 0.0366. The number of methoxy groups -OCH3 is 1. The Kier molecular flexibility index (Phi) is 7.84. The molecule has 0 saturated carbocycles. The average molecular weight is 552 g/mol. The third-order valence-electron chi connectivity index (χ3n) is 5.03. The second kappa shape index (κ2) is 11.2. The van der Waals surface area contributed by atoms with E-state index in [0.29, 0.717) is 22.4 Å². The van der Waals surface area contributed by atoms with Crippen molar-refractivity contribution in [1.29, 1.82) is 0 Å². The molecule has 2 N–H and O–H groups in total. The Balaban J connectivity index is 1.50. The third kappa shape index (κ3) is 5.90. The van der Waals surface area contributed by atoms with Gasteiger partial charge in [-0.1, -0.05) is 58.0 Å². The summed E-state index contributed by atoms with van der Waals surface area (Å²) in [5.41, 5.74) is 5.67. The fourth-order valence-electron chi connectivity index (χ4n) is 3.23. The predicted octanol–water partition coefficient (Wildman–Crippen LogP) is 5.04. The maximum absolute atomic E-state index is 12.5. The van der Waals surface area contributed by atoms with Crippen molar-refractivity contribution in [1.82, 2.24) is 20.2 Å². The number of thioether (sulfide) groups is 1. The number of nitrogens with one attached hydrogen (secondary N) is 1. The molecule has 178 valence electrons. The zero-order chi connectivity index (χ0) is 24.8. The Morgan fingerprint density at radius 1 is 1.11 bits per heavy atom. The first-order valence-electron chi connectivity index (χ1n) is 10.6. The molecule has 1 aromatic heterocycles. The van der Waals surface area contributed by atoms with Crippen LogP contribution < -0.4 is 10.2 Å². The topological polar surface area (TPSA) is 102 Å². The summed E-state index contributed by atoms with van der Waals surface area (Å²) < 4.78 is 8.02. The van der Waals surface area contributed by atoms with E-state index in [1.54, 1.807) is 19.1 Å². The van der Waals surface area contributed by atoms with Crippen LogP contribution in [-0.4, -0.2) is 44.4 Å². The second-order valence-electron chi connectivity index (χ2n) is 7.39. The number of hydrazone groups is 1. The monoisotopic (exact) mass is 551 g/mol. The molecule has 0 bridgehead atoms. The molecule has 0 aliphatic carbocycles. The van der Waals surface area contributed by atoms with E-state index in [-0.39, 0.29) is 17.4 Å². The van der Waals surface area contributed by atoms with Crippen LogP contribution in [0.3, 0.4) is 0 Å². The van der Waals surface area contributed by atoms with Crippen LogP contribution in [0.5, 0.6) is 11.5 Å². The summed E-state index contributed by atoms with van der Waals surface area (Å²) in [5.74, 6) is 0.867. The molecular weight excluding hydrogens is 530 g/mol. The summed E-state index contributed by atoms with van der Waals surface area (Å²) in [6, 6.07) is 22.5. The molecule has 8 nitrogen and oxygen atoms in total. The van der Waals surface area contributed by atoms with E-state index in [1.165, 1.54) is 24.9 Å². The van der Waals surface area contributed by atoms with Crippen LogP contribution >= 0.6 is 27.7 Å². The molecule has 0 spiro atoms. The van der Waals surface area contributed by atoms with Gasteiger partial charge in [0, 0.05) is 21.3 Å².